The zero-order valence-corrected chi connectivity index (χ0v) is 36.1. The van der Waals surface area contributed by atoms with E-state index >= 15 is 4.79 Å². The van der Waals surface area contributed by atoms with Gasteiger partial charge in [-0.25, -0.2) is 0 Å². The van der Waals surface area contributed by atoms with Crippen molar-refractivity contribution >= 4 is 63.9 Å². The fourth-order valence-corrected chi connectivity index (χ4v) is 14.0. The van der Waals surface area contributed by atoms with Crippen LogP contribution in [0.4, 0.5) is 0 Å². The lowest BCUT2D eigenvalue weighted by Gasteiger charge is -2.54. The van der Waals surface area contributed by atoms with E-state index < -0.39 is 60.3 Å². The predicted octanol–water partition coefficient (Wildman–Crippen LogP) is 8.18. The molecule has 4 aromatic carbocycles. The second kappa shape index (κ2) is 16.8. The number of methoxy groups -OCH3 is 1. The monoisotopic (exact) mass is 835 g/mol. The van der Waals surface area contributed by atoms with Crippen molar-refractivity contribution in [1.29, 1.82) is 0 Å². The molecule has 5 atom stereocenters. The molecule has 2 fully saturated rings. The molecule has 1 heterocycles. The van der Waals surface area contributed by atoms with E-state index in [4.69, 9.17) is 36.5 Å². The maximum atomic E-state index is 15.8. The Morgan fingerprint density at radius 3 is 1.95 bits per heavy atom. The molecule has 0 spiro atoms. The minimum Gasteiger partial charge on any atom is -0.469 e. The number of rotatable bonds is 14. The van der Waals surface area contributed by atoms with Crippen LogP contribution in [-0.2, 0) is 33.1 Å². The van der Waals surface area contributed by atoms with Gasteiger partial charge < -0.3 is 14.1 Å². The average Bonchev–Trinajstić information content (AvgIpc) is 4.01. The first-order valence-electron chi connectivity index (χ1n) is 19.0. The molecule has 0 N–H and O–H groups in total. The summed E-state index contributed by atoms with van der Waals surface area (Å²) in [5.41, 5.74) is 0.280. The molecule has 1 amide bonds. The molecular formula is C44H51Cl2NO7SSi. The predicted molar refractivity (Wildman–Crippen MR) is 224 cm³/mol. The number of piperidine rings is 1. The van der Waals surface area contributed by atoms with Crippen LogP contribution in [0, 0.1) is 17.3 Å². The second-order valence-corrected chi connectivity index (χ2v) is 23.3. The zero-order valence-electron chi connectivity index (χ0n) is 32.8. The van der Waals surface area contributed by atoms with Gasteiger partial charge in [-0.15, -0.1) is 0 Å². The molecule has 298 valence electrons. The molecule has 8 nitrogen and oxygen atoms in total. The van der Waals surface area contributed by atoms with E-state index in [-0.39, 0.29) is 29.9 Å². The minimum absolute atomic E-state index is 0.109. The van der Waals surface area contributed by atoms with Crippen LogP contribution in [0.25, 0.3) is 0 Å². The number of carbonyl (C=O) groups excluding carboxylic acids is 2. The molecule has 0 bridgehead atoms. The molecule has 1 saturated heterocycles. The Labute approximate surface area is 342 Å². The summed E-state index contributed by atoms with van der Waals surface area (Å²) in [6, 6.07) is 35.0. The molecule has 12 heteroatoms. The fourth-order valence-electron chi connectivity index (χ4n) is 8.75. The van der Waals surface area contributed by atoms with E-state index in [0.29, 0.717) is 10.0 Å². The summed E-state index contributed by atoms with van der Waals surface area (Å²) in [6.07, 6.45) is 2.88. The van der Waals surface area contributed by atoms with Gasteiger partial charge in [-0.3, -0.25) is 13.8 Å². The number of ether oxygens (including phenoxy) is 1. The van der Waals surface area contributed by atoms with Crippen molar-refractivity contribution in [1.82, 2.24) is 4.90 Å². The highest BCUT2D eigenvalue weighted by Gasteiger charge is 2.59. The number of benzene rings is 4. The van der Waals surface area contributed by atoms with Gasteiger partial charge in [0.15, 0.2) is 0 Å². The van der Waals surface area contributed by atoms with Crippen molar-refractivity contribution < 1.29 is 31.4 Å². The Morgan fingerprint density at radius 2 is 1.45 bits per heavy atom. The van der Waals surface area contributed by atoms with E-state index in [0.717, 1.165) is 40.6 Å². The molecule has 0 aromatic heterocycles. The second-order valence-electron chi connectivity index (χ2n) is 16.4. The molecule has 3 unspecified atom stereocenters. The van der Waals surface area contributed by atoms with Gasteiger partial charge in [0.25, 0.3) is 18.4 Å². The van der Waals surface area contributed by atoms with Crippen LogP contribution in [0.5, 0.6) is 0 Å². The van der Waals surface area contributed by atoms with Crippen molar-refractivity contribution in [3.8, 4) is 0 Å². The van der Waals surface area contributed by atoms with Crippen molar-refractivity contribution in [2.45, 2.75) is 70.0 Å². The van der Waals surface area contributed by atoms with Gasteiger partial charge in [0.1, 0.15) is 0 Å². The molecule has 1 aliphatic carbocycles. The number of nitrogens with zero attached hydrogens (tertiary/aromatic N) is 1. The van der Waals surface area contributed by atoms with E-state index in [1.54, 1.807) is 13.0 Å². The maximum absolute atomic E-state index is 15.8. The Kier molecular flexibility index (Phi) is 12.6. The molecular weight excluding hydrogens is 786 g/mol. The first kappa shape index (κ1) is 42.1. The number of halogens is 2. The fraction of sp³-hybridized carbons (Fsp3) is 0.409. The number of hydrogen-bond acceptors (Lipinski definition) is 7. The molecule has 56 heavy (non-hydrogen) atoms. The summed E-state index contributed by atoms with van der Waals surface area (Å²) in [5, 5.41) is 3.02. The SMILES string of the molecule is COC(=O)C(COS(C)(=O)=O)[C@@]1(C)CC(c2cccc(Cl)c2)[C@@H](c2ccc(Cl)cc2)N(C(CO[Si](c2ccccc2)(c2ccccc2)C(C)(C)C)C2CC2)C1=O. The van der Waals surface area contributed by atoms with Gasteiger partial charge in [-0.2, -0.15) is 8.42 Å². The standard InChI is InChI=1S/C44H51Cl2NO7SSi/c1-43(2,3)56(35-16-9-7-10-17-35,36-18-11-8-12-19-36)54-29-39(30-20-21-30)47-40(31-22-24-33(45)25-23-31)37(32-14-13-15-34(46)26-32)27-44(4,42(47)49)38(41(48)52-5)28-53-55(6,50)51/h7-19,22-26,30,37-40H,20-21,27-29H2,1-6H3/t37?,38?,39?,40-,44-/m1/s1. The Bertz CT molecular complexity index is 2070. The van der Waals surface area contributed by atoms with Crippen molar-refractivity contribution in [3.05, 3.63) is 130 Å². The molecule has 0 radical (unpaired) electrons. The number of esters is 1. The summed E-state index contributed by atoms with van der Waals surface area (Å²) in [4.78, 5) is 31.5. The lowest BCUT2D eigenvalue weighted by molar-refractivity contribution is -0.172. The summed E-state index contributed by atoms with van der Waals surface area (Å²) in [5.74, 6) is -2.56. The van der Waals surface area contributed by atoms with E-state index in [1.807, 2.05) is 83.8 Å². The quantitative estimate of drug-likeness (QED) is 0.0718. The van der Waals surface area contributed by atoms with Crippen LogP contribution in [-0.4, -0.2) is 66.1 Å². The highest BCUT2D eigenvalue weighted by molar-refractivity contribution is 7.86. The number of likely N-dealkylation sites (tertiary alicyclic amines) is 1. The first-order chi connectivity index (χ1) is 26.5. The third kappa shape index (κ3) is 8.66. The van der Waals surface area contributed by atoms with Crippen LogP contribution in [0.2, 0.25) is 15.1 Å². The third-order valence-electron chi connectivity index (χ3n) is 11.7. The highest BCUT2D eigenvalue weighted by Crippen LogP contribution is 2.56. The van der Waals surface area contributed by atoms with Gasteiger partial charge >= 0.3 is 5.97 Å². The van der Waals surface area contributed by atoms with Gasteiger partial charge in [0, 0.05) is 16.0 Å². The lowest BCUT2D eigenvalue weighted by atomic mass is 9.63. The largest absolute Gasteiger partial charge is 0.469 e. The van der Waals surface area contributed by atoms with Gasteiger partial charge in [0.2, 0.25) is 5.91 Å². The number of amides is 1. The lowest BCUT2D eigenvalue weighted by Crippen LogP contribution is -2.68. The molecule has 2 aliphatic rings. The summed E-state index contributed by atoms with van der Waals surface area (Å²) >= 11 is 13.1. The van der Waals surface area contributed by atoms with Gasteiger partial charge in [-0.1, -0.05) is 129 Å². The Morgan fingerprint density at radius 1 is 0.857 bits per heavy atom. The Balaban J connectivity index is 1.56. The van der Waals surface area contributed by atoms with Crippen molar-refractivity contribution in [2.75, 3.05) is 26.6 Å². The summed E-state index contributed by atoms with van der Waals surface area (Å²) in [6.45, 7) is 8.09. The Hall–Kier alpha value is -3.51. The third-order valence-corrected chi connectivity index (χ3v) is 17.7. The van der Waals surface area contributed by atoms with E-state index in [1.165, 1.54) is 7.11 Å². The van der Waals surface area contributed by atoms with Gasteiger partial charge in [-0.05, 0) is 82.9 Å². The topological polar surface area (TPSA) is 99.2 Å². The summed E-state index contributed by atoms with van der Waals surface area (Å²) in [7, 11) is -5.80. The normalized spacial score (nSPS) is 21.7. The van der Waals surface area contributed by atoms with E-state index in [2.05, 4.69) is 45.0 Å². The number of hydrogen-bond donors (Lipinski definition) is 0. The highest BCUT2D eigenvalue weighted by atomic mass is 35.5. The molecule has 6 rings (SSSR count). The molecule has 1 aliphatic heterocycles. The number of carbonyl (C=O) groups is 2. The molecule has 1 saturated carbocycles. The van der Waals surface area contributed by atoms with Crippen LogP contribution in [0.3, 0.4) is 0 Å². The first-order valence-corrected chi connectivity index (χ1v) is 23.5. The van der Waals surface area contributed by atoms with Crippen LogP contribution in [0.1, 0.15) is 70.0 Å². The average molecular weight is 837 g/mol. The zero-order chi connectivity index (χ0) is 40.5. The van der Waals surface area contributed by atoms with Gasteiger partial charge in [0.05, 0.1) is 50.0 Å². The smallest absolute Gasteiger partial charge is 0.312 e. The van der Waals surface area contributed by atoms with E-state index in [9.17, 15) is 13.2 Å². The minimum atomic E-state index is -3.98. The summed E-state index contributed by atoms with van der Waals surface area (Å²) < 4.78 is 42.9. The van der Waals surface area contributed by atoms with Crippen LogP contribution in [0.15, 0.2) is 109 Å². The maximum Gasteiger partial charge on any atom is 0.312 e. The van der Waals surface area contributed by atoms with Crippen LogP contribution >= 0.6 is 23.2 Å². The van der Waals surface area contributed by atoms with Crippen molar-refractivity contribution in [3.63, 3.8) is 0 Å². The van der Waals surface area contributed by atoms with Crippen molar-refractivity contribution in [2.24, 2.45) is 17.3 Å². The van der Waals surface area contributed by atoms with Crippen LogP contribution < -0.4 is 10.4 Å². The molecule has 4 aromatic rings.